The number of nitrogens with zero attached hydrogens (tertiary/aromatic N) is 4. The predicted octanol–water partition coefficient (Wildman–Crippen LogP) is 5.46. The highest BCUT2D eigenvalue weighted by Gasteiger charge is 2.18. The Morgan fingerprint density at radius 3 is 2.58 bits per heavy atom. The Bertz CT molecular complexity index is 912. The van der Waals surface area contributed by atoms with Crippen LogP contribution in [0.5, 0.6) is 0 Å². The van der Waals surface area contributed by atoms with Crippen LogP contribution in [0.2, 0.25) is 0 Å². The summed E-state index contributed by atoms with van der Waals surface area (Å²) in [4.78, 5) is 16.6. The fourth-order valence-electron chi connectivity index (χ4n) is 4.36. The molecule has 176 valence electrons. The molecule has 2 aromatic rings. The highest BCUT2D eigenvalue weighted by molar-refractivity contribution is 5.74. The molecule has 1 aliphatic carbocycles. The standard InChI is InChI=1S/C25H36N6.C2H2/c1-3-4-14-26-25-28-18-22(24(30-25)29-21-8-6-5-7-9-21)23-11-10-20(17-27-23)19-12-15-31(2)16-13-19;1-2/h10-12,17-18,21H,3-9,13-16H2,1-2H3,(H2,26,28,29,30);1-2H. The quantitative estimate of drug-likeness (QED) is 0.414. The Balaban J connectivity index is 0.00000149. The summed E-state index contributed by atoms with van der Waals surface area (Å²) < 4.78 is 0. The first-order valence-electron chi connectivity index (χ1n) is 12.3. The average molecular weight is 447 g/mol. The van der Waals surface area contributed by atoms with Gasteiger partial charge in [-0.2, -0.15) is 4.98 Å². The lowest BCUT2D eigenvalue weighted by molar-refractivity contribution is 0.370. The van der Waals surface area contributed by atoms with E-state index in [9.17, 15) is 0 Å². The first-order valence-corrected chi connectivity index (χ1v) is 12.3. The Hall–Kier alpha value is -2.91. The van der Waals surface area contributed by atoms with Gasteiger partial charge in [-0.05, 0) is 49.9 Å². The molecule has 0 radical (unpaired) electrons. The topological polar surface area (TPSA) is 66.0 Å². The first kappa shape index (κ1) is 24.7. The Labute approximate surface area is 199 Å². The maximum atomic E-state index is 4.85. The van der Waals surface area contributed by atoms with E-state index in [0.29, 0.717) is 12.0 Å². The van der Waals surface area contributed by atoms with E-state index in [2.05, 4.69) is 65.5 Å². The van der Waals surface area contributed by atoms with Crippen LogP contribution in [0.25, 0.3) is 16.8 Å². The van der Waals surface area contributed by atoms with Gasteiger partial charge in [0.05, 0.1) is 11.3 Å². The van der Waals surface area contributed by atoms with Gasteiger partial charge in [0.15, 0.2) is 0 Å². The van der Waals surface area contributed by atoms with E-state index in [1.54, 1.807) is 0 Å². The third kappa shape index (κ3) is 7.03. The molecule has 2 aromatic heterocycles. The molecule has 1 aliphatic heterocycles. The molecule has 3 heterocycles. The van der Waals surface area contributed by atoms with Crippen LogP contribution in [0.1, 0.15) is 63.9 Å². The molecule has 0 unspecified atom stereocenters. The highest BCUT2D eigenvalue weighted by atomic mass is 15.1. The second-order valence-electron chi connectivity index (χ2n) is 8.89. The molecule has 1 saturated carbocycles. The molecular formula is C27H38N6. The number of likely N-dealkylation sites (N-methyl/N-ethyl adjacent to an activating group) is 1. The van der Waals surface area contributed by atoms with E-state index in [0.717, 1.165) is 56.0 Å². The number of pyridine rings is 1. The Kier molecular flexibility index (Phi) is 9.71. The fraction of sp³-hybridized carbons (Fsp3) is 0.519. The van der Waals surface area contributed by atoms with Gasteiger partial charge in [-0.3, -0.25) is 4.98 Å². The van der Waals surface area contributed by atoms with Gasteiger partial charge in [-0.15, -0.1) is 12.8 Å². The lowest BCUT2D eigenvalue weighted by Crippen LogP contribution is -2.24. The van der Waals surface area contributed by atoms with E-state index >= 15 is 0 Å². The zero-order valence-corrected chi connectivity index (χ0v) is 20.2. The van der Waals surface area contributed by atoms with Gasteiger partial charge in [0.25, 0.3) is 0 Å². The van der Waals surface area contributed by atoms with Crippen molar-refractivity contribution in [2.75, 3.05) is 37.3 Å². The van der Waals surface area contributed by atoms with Crippen LogP contribution in [-0.4, -0.2) is 52.6 Å². The van der Waals surface area contributed by atoms with Gasteiger partial charge < -0.3 is 15.5 Å². The first-order chi connectivity index (χ1) is 16.2. The molecule has 2 N–H and O–H groups in total. The summed E-state index contributed by atoms with van der Waals surface area (Å²) in [6.07, 6.45) is 23.9. The number of hydrogen-bond acceptors (Lipinski definition) is 6. The van der Waals surface area contributed by atoms with Crippen molar-refractivity contribution in [3.8, 4) is 24.1 Å². The summed E-state index contributed by atoms with van der Waals surface area (Å²) in [5.41, 5.74) is 4.52. The third-order valence-corrected chi connectivity index (χ3v) is 6.37. The molecule has 1 fully saturated rings. The van der Waals surface area contributed by atoms with E-state index in [-0.39, 0.29) is 0 Å². The van der Waals surface area contributed by atoms with E-state index in [1.165, 1.54) is 43.2 Å². The van der Waals surface area contributed by atoms with E-state index in [1.807, 2.05) is 12.4 Å². The van der Waals surface area contributed by atoms with Crippen LogP contribution in [0.15, 0.2) is 30.6 Å². The lowest BCUT2D eigenvalue weighted by atomic mass is 9.95. The monoisotopic (exact) mass is 446 g/mol. The van der Waals surface area contributed by atoms with Gasteiger partial charge in [0.1, 0.15) is 5.82 Å². The van der Waals surface area contributed by atoms with Gasteiger partial charge in [-0.25, -0.2) is 4.98 Å². The molecule has 33 heavy (non-hydrogen) atoms. The number of aromatic nitrogens is 3. The summed E-state index contributed by atoms with van der Waals surface area (Å²) >= 11 is 0. The number of rotatable bonds is 8. The summed E-state index contributed by atoms with van der Waals surface area (Å²) in [6, 6.07) is 4.79. The number of unbranched alkanes of at least 4 members (excludes halogenated alkanes) is 1. The molecule has 0 spiro atoms. The number of nitrogens with one attached hydrogen (secondary N) is 2. The van der Waals surface area contributed by atoms with Gasteiger partial charge in [-0.1, -0.05) is 44.7 Å². The van der Waals surface area contributed by atoms with Crippen LogP contribution < -0.4 is 10.6 Å². The summed E-state index contributed by atoms with van der Waals surface area (Å²) in [5, 5.41) is 7.08. The highest BCUT2D eigenvalue weighted by Crippen LogP contribution is 2.30. The number of anilines is 2. The molecule has 4 rings (SSSR count). The van der Waals surface area contributed by atoms with Crippen LogP contribution in [0, 0.1) is 12.8 Å². The van der Waals surface area contributed by atoms with Crippen molar-refractivity contribution in [3.05, 3.63) is 36.2 Å². The zero-order valence-electron chi connectivity index (χ0n) is 20.2. The van der Waals surface area contributed by atoms with Crippen molar-refractivity contribution >= 4 is 17.3 Å². The molecule has 0 saturated heterocycles. The molecule has 6 nitrogen and oxygen atoms in total. The minimum absolute atomic E-state index is 0.481. The van der Waals surface area contributed by atoms with Crippen LogP contribution in [-0.2, 0) is 0 Å². The fourth-order valence-corrected chi connectivity index (χ4v) is 4.36. The van der Waals surface area contributed by atoms with Gasteiger partial charge >= 0.3 is 0 Å². The molecule has 0 aromatic carbocycles. The average Bonchev–Trinajstić information content (AvgIpc) is 2.87. The van der Waals surface area contributed by atoms with E-state index in [4.69, 9.17) is 9.97 Å². The minimum atomic E-state index is 0.481. The lowest BCUT2D eigenvalue weighted by Gasteiger charge is -2.24. The molecule has 2 aliphatic rings. The van der Waals surface area contributed by atoms with Crippen LogP contribution in [0.3, 0.4) is 0 Å². The second kappa shape index (κ2) is 13.0. The van der Waals surface area contributed by atoms with Crippen molar-refractivity contribution in [1.29, 1.82) is 0 Å². The van der Waals surface area contributed by atoms with E-state index < -0.39 is 0 Å². The second-order valence-corrected chi connectivity index (χ2v) is 8.89. The van der Waals surface area contributed by atoms with Crippen molar-refractivity contribution in [1.82, 2.24) is 19.9 Å². The van der Waals surface area contributed by atoms with Crippen LogP contribution in [0.4, 0.5) is 11.8 Å². The Morgan fingerprint density at radius 1 is 1.09 bits per heavy atom. The molecule has 0 amide bonds. The molecule has 0 atom stereocenters. The summed E-state index contributed by atoms with van der Waals surface area (Å²) in [5.74, 6) is 1.60. The third-order valence-electron chi connectivity index (χ3n) is 6.37. The molecule has 6 heteroatoms. The SMILES string of the molecule is C#C.CCCCNc1ncc(-c2ccc(C3=CCN(C)CC3)cn2)c(NC2CCCCC2)n1. The van der Waals surface area contributed by atoms with Crippen molar-refractivity contribution < 1.29 is 0 Å². The minimum Gasteiger partial charge on any atom is -0.367 e. The summed E-state index contributed by atoms with van der Waals surface area (Å²) in [7, 11) is 2.16. The van der Waals surface area contributed by atoms with Gasteiger partial charge in [0, 0.05) is 38.1 Å². The predicted molar refractivity (Wildman–Crippen MR) is 139 cm³/mol. The van der Waals surface area contributed by atoms with Crippen molar-refractivity contribution in [2.24, 2.45) is 0 Å². The van der Waals surface area contributed by atoms with Crippen LogP contribution >= 0.6 is 0 Å². The smallest absolute Gasteiger partial charge is 0.224 e. The normalized spacial score (nSPS) is 16.9. The molecular weight excluding hydrogens is 408 g/mol. The largest absolute Gasteiger partial charge is 0.367 e. The Morgan fingerprint density at radius 2 is 1.91 bits per heavy atom. The van der Waals surface area contributed by atoms with Crippen molar-refractivity contribution in [2.45, 2.75) is 64.3 Å². The maximum absolute atomic E-state index is 4.85. The number of terminal acetylenes is 1. The maximum Gasteiger partial charge on any atom is 0.224 e. The number of hydrogen-bond donors (Lipinski definition) is 2. The summed E-state index contributed by atoms with van der Waals surface area (Å²) in [6.45, 7) is 5.20. The zero-order chi connectivity index (χ0) is 23.5. The molecule has 0 bridgehead atoms. The van der Waals surface area contributed by atoms with Gasteiger partial charge in [0.2, 0.25) is 5.95 Å². The van der Waals surface area contributed by atoms with Crippen molar-refractivity contribution in [3.63, 3.8) is 0 Å².